The van der Waals surface area contributed by atoms with E-state index in [1.54, 1.807) is 25.1 Å². The van der Waals surface area contributed by atoms with Crippen LogP contribution in [-0.2, 0) is 14.3 Å². The molecule has 15 heteroatoms. The molecule has 3 aromatic rings. The number of rotatable bonds is 9. The zero-order chi connectivity index (χ0) is 33.9. The van der Waals surface area contributed by atoms with E-state index in [0.717, 1.165) is 29.3 Å². The molecule has 46 heavy (non-hydrogen) atoms. The zero-order valence-electron chi connectivity index (χ0n) is 25.4. The fourth-order valence-electron chi connectivity index (χ4n) is 4.62. The summed E-state index contributed by atoms with van der Waals surface area (Å²) in [4.78, 5) is 49.8. The van der Waals surface area contributed by atoms with Crippen molar-refractivity contribution >= 4 is 116 Å². The quantitative estimate of drug-likeness (QED) is 0.169. The maximum Gasteiger partial charge on any atom is 0.341 e. The van der Waals surface area contributed by atoms with Crippen molar-refractivity contribution in [3.63, 3.8) is 0 Å². The van der Waals surface area contributed by atoms with Crippen molar-refractivity contribution < 1.29 is 19.1 Å². The number of hydrogen-bond donors (Lipinski definition) is 2. The number of hydrogen-bond acceptors (Lipinski definition) is 7. The number of ether oxygens (including phenoxy) is 1. The number of halogens is 5. The summed E-state index contributed by atoms with van der Waals surface area (Å²) in [6.45, 7) is 10.7. The lowest BCUT2D eigenvalue weighted by Gasteiger charge is -2.21. The van der Waals surface area contributed by atoms with E-state index in [4.69, 9.17) is 67.7 Å². The summed E-state index contributed by atoms with van der Waals surface area (Å²) in [6, 6.07) is 10.4. The maximum atomic E-state index is 14.1. The van der Waals surface area contributed by atoms with E-state index in [9.17, 15) is 14.4 Å². The molecule has 4 rings (SSSR count). The zero-order valence-corrected chi connectivity index (χ0v) is 29.2. The van der Waals surface area contributed by atoms with Crippen LogP contribution < -0.4 is 20.7 Å². The van der Waals surface area contributed by atoms with Crippen LogP contribution in [-0.4, -0.2) is 49.0 Å². The van der Waals surface area contributed by atoms with Crippen molar-refractivity contribution in [2.24, 2.45) is 9.98 Å². The summed E-state index contributed by atoms with van der Waals surface area (Å²) in [5.41, 5.74) is 5.34. The summed E-state index contributed by atoms with van der Waals surface area (Å²) < 4.78 is 5.05. The Morgan fingerprint density at radius 3 is 2.13 bits per heavy atom. The number of amidine groups is 1. The standard InChI is InChI=1S/C31H29Cl5N6O4/c1-6-41(7-2)18-10-12-20(15(4)13-18)38-27-29(39-21-14-17(37-16(5)43)9-11-19(21)32)40-42(30(27)44)28-25(35)23(33)22(24(34)26(28)36)31(45)46-8-3/h9-14H,6-8H2,1-5H3,(H,37,43)(H,39,40). The van der Waals surface area contributed by atoms with Gasteiger partial charge in [0.25, 0.3) is 5.91 Å². The van der Waals surface area contributed by atoms with Crippen molar-refractivity contribution in [3.05, 3.63) is 72.6 Å². The van der Waals surface area contributed by atoms with E-state index in [1.807, 2.05) is 19.1 Å². The summed E-state index contributed by atoms with van der Waals surface area (Å²) in [7, 11) is 0. The number of anilines is 3. The van der Waals surface area contributed by atoms with Gasteiger partial charge in [0.1, 0.15) is 11.3 Å². The third kappa shape index (κ3) is 7.21. The summed E-state index contributed by atoms with van der Waals surface area (Å²) >= 11 is 32.6. The number of hydrazine groups is 1. The first-order chi connectivity index (χ1) is 21.8. The smallest absolute Gasteiger partial charge is 0.341 e. The number of carbonyl (C=O) groups excluding carboxylic acids is 3. The van der Waals surface area contributed by atoms with Gasteiger partial charge in [-0.05, 0) is 69.7 Å². The third-order valence-electron chi connectivity index (χ3n) is 6.83. The second kappa shape index (κ2) is 14.9. The Hall–Kier alpha value is -3.54. The Morgan fingerprint density at radius 2 is 1.57 bits per heavy atom. The molecular formula is C31H29Cl5N6O4. The van der Waals surface area contributed by atoms with Crippen molar-refractivity contribution in [2.45, 2.75) is 34.6 Å². The van der Waals surface area contributed by atoms with Crippen molar-refractivity contribution in [1.29, 1.82) is 0 Å². The molecule has 242 valence electrons. The molecule has 1 aliphatic heterocycles. The van der Waals surface area contributed by atoms with Gasteiger partial charge in [0.2, 0.25) is 5.91 Å². The highest BCUT2D eigenvalue weighted by Gasteiger charge is 2.39. The number of esters is 1. The van der Waals surface area contributed by atoms with Crippen LogP contribution in [0, 0.1) is 6.92 Å². The molecule has 0 saturated carbocycles. The topological polar surface area (TPSA) is 116 Å². The van der Waals surface area contributed by atoms with E-state index in [0.29, 0.717) is 11.4 Å². The molecule has 0 aromatic heterocycles. The van der Waals surface area contributed by atoms with Gasteiger partial charge in [-0.15, -0.1) is 0 Å². The normalized spacial score (nSPS) is 14.6. The molecule has 0 unspecified atom stereocenters. The molecule has 2 amide bonds. The van der Waals surface area contributed by atoms with Gasteiger partial charge in [0, 0.05) is 31.4 Å². The number of amides is 2. The first-order valence-corrected chi connectivity index (χ1v) is 16.0. The Balaban J connectivity index is 1.91. The number of aryl methyl sites for hydroxylation is 1. The van der Waals surface area contributed by atoms with E-state index in [2.05, 4.69) is 34.5 Å². The van der Waals surface area contributed by atoms with Crippen LogP contribution in [0.25, 0.3) is 0 Å². The molecule has 1 fully saturated rings. The molecule has 0 radical (unpaired) electrons. The van der Waals surface area contributed by atoms with Crippen LogP contribution in [0.3, 0.4) is 0 Å². The van der Waals surface area contributed by atoms with Crippen LogP contribution >= 0.6 is 58.0 Å². The molecule has 2 N–H and O–H groups in total. The largest absolute Gasteiger partial charge is 0.462 e. The van der Waals surface area contributed by atoms with Gasteiger partial charge in [-0.1, -0.05) is 58.0 Å². The lowest BCUT2D eigenvalue weighted by molar-refractivity contribution is -0.114. The molecular weight excluding hydrogens is 698 g/mol. The highest BCUT2D eigenvalue weighted by atomic mass is 35.5. The Labute approximate surface area is 291 Å². The summed E-state index contributed by atoms with van der Waals surface area (Å²) in [5.74, 6) is -1.86. The number of nitrogens with one attached hydrogen (secondary N) is 2. The van der Waals surface area contributed by atoms with Crippen molar-refractivity contribution in [1.82, 2.24) is 5.43 Å². The summed E-state index contributed by atoms with van der Waals surface area (Å²) in [5, 5.41) is 2.87. The van der Waals surface area contributed by atoms with E-state index in [-0.39, 0.29) is 66.1 Å². The van der Waals surface area contributed by atoms with Gasteiger partial charge in [-0.3, -0.25) is 15.0 Å². The number of benzene rings is 3. The van der Waals surface area contributed by atoms with Crippen LogP contribution in [0.2, 0.25) is 25.1 Å². The maximum absolute atomic E-state index is 14.1. The van der Waals surface area contributed by atoms with Crippen LogP contribution in [0.4, 0.5) is 28.4 Å². The predicted octanol–water partition coefficient (Wildman–Crippen LogP) is 8.60. The Bertz CT molecular complexity index is 1760. The summed E-state index contributed by atoms with van der Waals surface area (Å²) in [6.07, 6.45) is 0. The lowest BCUT2D eigenvalue weighted by Crippen LogP contribution is -2.36. The number of carbonyl (C=O) groups is 3. The average molecular weight is 727 g/mol. The lowest BCUT2D eigenvalue weighted by atomic mass is 10.1. The fraction of sp³-hybridized carbons (Fsp3) is 0.258. The highest BCUT2D eigenvalue weighted by Crippen LogP contribution is 2.47. The minimum Gasteiger partial charge on any atom is -0.462 e. The molecule has 0 spiro atoms. The monoisotopic (exact) mass is 724 g/mol. The van der Waals surface area contributed by atoms with Crippen molar-refractivity contribution in [3.8, 4) is 0 Å². The van der Waals surface area contributed by atoms with E-state index >= 15 is 0 Å². The fourth-order valence-corrected chi connectivity index (χ4v) is 5.95. The molecule has 1 saturated heterocycles. The SMILES string of the molecule is CCOC(=O)c1c(Cl)c(Cl)c(N2NC(=Nc3cc(NC(C)=O)ccc3Cl)C(=Nc3ccc(N(CC)CC)cc3C)C2=O)c(Cl)c1Cl. The van der Waals surface area contributed by atoms with Crippen LogP contribution in [0.5, 0.6) is 0 Å². The molecule has 0 aliphatic carbocycles. The first kappa shape index (κ1) is 35.3. The molecule has 0 bridgehead atoms. The molecule has 1 aliphatic rings. The molecule has 0 atom stereocenters. The predicted molar refractivity (Wildman–Crippen MR) is 188 cm³/mol. The third-order valence-corrected chi connectivity index (χ3v) is 8.84. The second-order valence-corrected chi connectivity index (χ2v) is 11.8. The number of nitrogens with zero attached hydrogens (tertiary/aromatic N) is 4. The van der Waals surface area contributed by atoms with Crippen LogP contribution in [0.1, 0.15) is 43.6 Å². The van der Waals surface area contributed by atoms with Gasteiger partial charge >= 0.3 is 5.97 Å². The van der Waals surface area contributed by atoms with Crippen molar-refractivity contribution in [2.75, 3.05) is 34.9 Å². The minimum atomic E-state index is -0.838. The van der Waals surface area contributed by atoms with Crippen LogP contribution in [0.15, 0.2) is 46.4 Å². The molecule has 3 aromatic carbocycles. The highest BCUT2D eigenvalue weighted by molar-refractivity contribution is 6.73. The van der Waals surface area contributed by atoms with Gasteiger partial charge < -0.3 is 15.0 Å². The van der Waals surface area contributed by atoms with Gasteiger partial charge in [0.15, 0.2) is 11.5 Å². The van der Waals surface area contributed by atoms with E-state index in [1.165, 1.54) is 13.0 Å². The Morgan fingerprint density at radius 1 is 0.913 bits per heavy atom. The van der Waals surface area contributed by atoms with E-state index < -0.39 is 11.9 Å². The van der Waals surface area contributed by atoms with Gasteiger partial charge in [-0.25, -0.2) is 19.8 Å². The van der Waals surface area contributed by atoms with Gasteiger partial charge in [0.05, 0.1) is 43.1 Å². The van der Waals surface area contributed by atoms with Gasteiger partial charge in [-0.2, -0.15) is 0 Å². The molecule has 10 nitrogen and oxygen atoms in total. The molecule has 1 heterocycles. The first-order valence-electron chi connectivity index (χ1n) is 14.1. The minimum absolute atomic E-state index is 0.0204. The average Bonchev–Trinajstić information content (AvgIpc) is 3.29. The second-order valence-electron chi connectivity index (χ2n) is 9.86. The Kier molecular flexibility index (Phi) is 11.5. The number of aliphatic imine (C=N–C) groups is 2.